The lowest BCUT2D eigenvalue weighted by Crippen LogP contribution is -1.84. The molecule has 0 aliphatic heterocycles. The zero-order valence-corrected chi connectivity index (χ0v) is 10.3. The van der Waals surface area contributed by atoms with Crippen molar-refractivity contribution < 1.29 is 0 Å². The number of hydrogen-bond donors (Lipinski definition) is 0. The van der Waals surface area contributed by atoms with Crippen molar-refractivity contribution in [2.24, 2.45) is 0 Å². The molecule has 0 fully saturated rings. The minimum Gasteiger partial charge on any atom is -0.161 e. The van der Waals surface area contributed by atoms with Crippen LogP contribution in [0.3, 0.4) is 0 Å². The molecule has 0 unspecified atom stereocenters. The molecule has 0 bridgehead atoms. The highest BCUT2D eigenvalue weighted by atomic mass is 79.9. The molecular formula is C11H13BrS. The van der Waals surface area contributed by atoms with Gasteiger partial charge in [0.05, 0.1) is 0 Å². The third-order valence-corrected chi connectivity index (χ3v) is 2.84. The number of rotatable bonds is 3. The van der Waals surface area contributed by atoms with E-state index in [2.05, 4.69) is 47.0 Å². The maximum absolute atomic E-state index is 3.94. The number of allylic oxidation sites excluding steroid dienone is 1. The Bertz CT molecular complexity index is 318. The van der Waals surface area contributed by atoms with E-state index in [1.807, 2.05) is 18.7 Å². The van der Waals surface area contributed by atoms with Gasteiger partial charge in [0.25, 0.3) is 0 Å². The Hall–Kier alpha value is -0.210. The predicted octanol–water partition coefficient (Wildman–Crippen LogP) is 4.35. The number of halogens is 1. The van der Waals surface area contributed by atoms with Crippen LogP contribution < -0.4 is 0 Å². The molecule has 2 heteroatoms. The Balaban J connectivity index is 3.03. The van der Waals surface area contributed by atoms with Crippen molar-refractivity contribution in [3.8, 4) is 0 Å². The van der Waals surface area contributed by atoms with Gasteiger partial charge >= 0.3 is 0 Å². The van der Waals surface area contributed by atoms with Crippen molar-refractivity contribution in [2.75, 3.05) is 6.26 Å². The van der Waals surface area contributed by atoms with Gasteiger partial charge in [-0.1, -0.05) is 34.1 Å². The molecule has 0 aliphatic carbocycles. The second-order valence-corrected chi connectivity index (χ2v) is 4.84. The minimum atomic E-state index is 1.06. The summed E-state index contributed by atoms with van der Waals surface area (Å²) in [7, 11) is 0. The normalized spacial score (nSPS) is 10.1. The first-order chi connectivity index (χ1) is 6.13. The Labute approximate surface area is 92.6 Å². The van der Waals surface area contributed by atoms with Crippen LogP contribution in [0.4, 0.5) is 0 Å². The van der Waals surface area contributed by atoms with Gasteiger partial charge in [0, 0.05) is 10.2 Å². The molecule has 0 saturated heterocycles. The van der Waals surface area contributed by atoms with Crippen molar-refractivity contribution in [1.29, 1.82) is 0 Å². The summed E-state index contributed by atoms with van der Waals surface area (Å²) >= 11 is 5.33. The van der Waals surface area contributed by atoms with Gasteiger partial charge in [-0.2, -0.15) is 11.8 Å². The monoisotopic (exact) mass is 256 g/mol. The van der Waals surface area contributed by atoms with Crippen molar-refractivity contribution in [3.05, 3.63) is 40.4 Å². The summed E-state index contributed by atoms with van der Waals surface area (Å²) in [5.74, 6) is 1.06. The maximum atomic E-state index is 3.94. The Morgan fingerprint density at radius 2 is 2.15 bits per heavy atom. The standard InChI is InChI=1S/C11H13BrS/c1-8(2)10-4-9(7-13-3)5-11(12)6-10/h4-6H,1,7H2,2-3H3. The van der Waals surface area contributed by atoms with Crippen LogP contribution >= 0.6 is 27.7 Å². The molecule has 0 radical (unpaired) electrons. The summed E-state index contributed by atoms with van der Waals surface area (Å²) in [4.78, 5) is 0. The molecule has 0 aromatic heterocycles. The van der Waals surface area contributed by atoms with Crippen molar-refractivity contribution in [3.63, 3.8) is 0 Å². The maximum Gasteiger partial charge on any atom is 0.0184 e. The van der Waals surface area contributed by atoms with Crippen molar-refractivity contribution >= 4 is 33.3 Å². The Morgan fingerprint density at radius 3 is 2.69 bits per heavy atom. The molecule has 0 atom stereocenters. The van der Waals surface area contributed by atoms with Gasteiger partial charge in [-0.15, -0.1) is 0 Å². The third-order valence-electron chi connectivity index (χ3n) is 1.76. The molecule has 0 nitrogen and oxygen atoms in total. The molecule has 1 rings (SSSR count). The highest BCUT2D eigenvalue weighted by Gasteiger charge is 1.99. The first-order valence-corrected chi connectivity index (χ1v) is 6.26. The quantitative estimate of drug-likeness (QED) is 0.775. The summed E-state index contributed by atoms with van der Waals surface area (Å²) in [5, 5.41) is 0. The molecule has 1 aromatic carbocycles. The van der Waals surface area contributed by atoms with Gasteiger partial charge in [0.1, 0.15) is 0 Å². The van der Waals surface area contributed by atoms with Gasteiger partial charge in [0.15, 0.2) is 0 Å². The second-order valence-electron chi connectivity index (χ2n) is 3.06. The van der Waals surface area contributed by atoms with Gasteiger partial charge in [-0.05, 0) is 36.4 Å². The topological polar surface area (TPSA) is 0 Å². The summed E-state index contributed by atoms with van der Waals surface area (Å²) in [6.45, 7) is 5.97. The fourth-order valence-electron chi connectivity index (χ4n) is 1.15. The highest BCUT2D eigenvalue weighted by molar-refractivity contribution is 9.10. The first-order valence-electron chi connectivity index (χ1n) is 4.08. The highest BCUT2D eigenvalue weighted by Crippen LogP contribution is 2.22. The molecule has 1 aromatic rings. The number of benzene rings is 1. The molecule has 0 spiro atoms. The smallest absolute Gasteiger partial charge is 0.0184 e. The Kier molecular flexibility index (Phi) is 4.07. The number of thioether (sulfide) groups is 1. The Morgan fingerprint density at radius 1 is 1.46 bits per heavy atom. The summed E-state index contributed by atoms with van der Waals surface area (Å²) < 4.78 is 1.14. The van der Waals surface area contributed by atoms with Crippen LogP contribution in [0, 0.1) is 0 Å². The van der Waals surface area contributed by atoms with E-state index in [4.69, 9.17) is 0 Å². The molecule has 0 heterocycles. The van der Waals surface area contributed by atoms with Crippen molar-refractivity contribution in [2.45, 2.75) is 12.7 Å². The molecule has 0 amide bonds. The van der Waals surface area contributed by atoms with Crippen LogP contribution in [0.15, 0.2) is 29.3 Å². The minimum absolute atomic E-state index is 1.06. The van der Waals surface area contributed by atoms with E-state index in [9.17, 15) is 0 Å². The molecule has 70 valence electrons. The van der Waals surface area contributed by atoms with Crippen molar-refractivity contribution in [1.82, 2.24) is 0 Å². The lowest BCUT2D eigenvalue weighted by molar-refractivity contribution is 1.38. The van der Waals surface area contributed by atoms with E-state index in [1.54, 1.807) is 0 Å². The molecule has 0 N–H and O–H groups in total. The van der Waals surface area contributed by atoms with E-state index in [0.717, 1.165) is 15.8 Å². The van der Waals surface area contributed by atoms with Crippen LogP contribution in [0.2, 0.25) is 0 Å². The van der Waals surface area contributed by atoms with E-state index < -0.39 is 0 Å². The van der Waals surface area contributed by atoms with Crippen LogP contribution in [0.5, 0.6) is 0 Å². The van der Waals surface area contributed by atoms with Crippen LogP contribution in [-0.2, 0) is 5.75 Å². The molecule has 0 aliphatic rings. The van der Waals surface area contributed by atoms with Crippen LogP contribution in [-0.4, -0.2) is 6.26 Å². The average Bonchev–Trinajstić information content (AvgIpc) is 2.03. The third kappa shape index (κ3) is 3.20. The average molecular weight is 257 g/mol. The fourth-order valence-corrected chi connectivity index (χ4v) is 2.19. The van der Waals surface area contributed by atoms with Gasteiger partial charge in [0.2, 0.25) is 0 Å². The first kappa shape index (κ1) is 10.9. The summed E-state index contributed by atoms with van der Waals surface area (Å²) in [6.07, 6.45) is 2.11. The van der Waals surface area contributed by atoms with E-state index in [1.165, 1.54) is 11.1 Å². The van der Waals surface area contributed by atoms with E-state index >= 15 is 0 Å². The molecule has 13 heavy (non-hydrogen) atoms. The van der Waals surface area contributed by atoms with Gasteiger partial charge in [-0.25, -0.2) is 0 Å². The molecular weight excluding hydrogens is 244 g/mol. The predicted molar refractivity (Wildman–Crippen MR) is 66.1 cm³/mol. The molecule has 0 saturated carbocycles. The van der Waals surface area contributed by atoms with Crippen LogP contribution in [0.25, 0.3) is 5.57 Å². The second kappa shape index (κ2) is 4.87. The van der Waals surface area contributed by atoms with Gasteiger partial charge < -0.3 is 0 Å². The lowest BCUT2D eigenvalue weighted by atomic mass is 10.1. The summed E-state index contributed by atoms with van der Waals surface area (Å²) in [5.41, 5.74) is 3.68. The number of hydrogen-bond acceptors (Lipinski definition) is 1. The SMILES string of the molecule is C=C(C)c1cc(Br)cc(CSC)c1. The van der Waals surface area contributed by atoms with Crippen LogP contribution in [0.1, 0.15) is 18.1 Å². The van der Waals surface area contributed by atoms with Gasteiger partial charge in [-0.3, -0.25) is 0 Å². The fraction of sp³-hybridized carbons (Fsp3) is 0.273. The lowest BCUT2D eigenvalue weighted by Gasteiger charge is -2.05. The summed E-state index contributed by atoms with van der Waals surface area (Å²) in [6, 6.07) is 6.46. The van der Waals surface area contributed by atoms with E-state index in [-0.39, 0.29) is 0 Å². The zero-order chi connectivity index (χ0) is 9.84. The zero-order valence-electron chi connectivity index (χ0n) is 7.93. The largest absolute Gasteiger partial charge is 0.161 e. The van der Waals surface area contributed by atoms with E-state index in [0.29, 0.717) is 0 Å².